The largest absolute Gasteiger partial charge is 0.461 e. The number of carbonyl (C=O) groups is 1. The van der Waals surface area contributed by atoms with Crippen LogP contribution in [0.5, 0.6) is 0 Å². The highest BCUT2D eigenvalue weighted by atomic mass is 35.5. The molecule has 1 aromatic carbocycles. The summed E-state index contributed by atoms with van der Waals surface area (Å²) in [5.41, 5.74) is 8.64. The Morgan fingerprint density at radius 3 is 2.49 bits per heavy atom. The van der Waals surface area contributed by atoms with E-state index >= 15 is 0 Å². The molecule has 37 heavy (non-hydrogen) atoms. The molecule has 0 radical (unpaired) electrons. The first-order valence-corrected chi connectivity index (χ1v) is 12.7. The molecule has 0 spiro atoms. The Kier molecular flexibility index (Phi) is 6.99. The van der Waals surface area contributed by atoms with Gasteiger partial charge >= 0.3 is 5.97 Å². The molecule has 0 saturated carbocycles. The lowest BCUT2D eigenvalue weighted by Gasteiger charge is -2.33. The molecule has 1 fully saturated rings. The number of benzene rings is 1. The number of pyridine rings is 1. The first-order chi connectivity index (χ1) is 17.8. The highest BCUT2D eigenvalue weighted by Crippen LogP contribution is 2.24. The fourth-order valence-corrected chi connectivity index (χ4v) is 4.53. The van der Waals surface area contributed by atoms with Gasteiger partial charge in [-0.15, -0.1) is 0 Å². The van der Waals surface area contributed by atoms with Crippen molar-refractivity contribution in [3.8, 4) is 16.8 Å². The number of nitrogens with two attached hydrogens (primary N) is 1. The minimum atomic E-state index is -0.597. The molecule has 1 saturated heterocycles. The molecule has 3 aromatic heterocycles. The van der Waals surface area contributed by atoms with Crippen LogP contribution in [-0.2, 0) is 9.53 Å². The summed E-state index contributed by atoms with van der Waals surface area (Å²) in [4.78, 5) is 32.1. The average molecular weight is 521 g/mol. The summed E-state index contributed by atoms with van der Waals surface area (Å²) in [7, 11) is 0. The Balaban J connectivity index is 1.28. The molecular weight excluding hydrogens is 492 g/mol. The number of hydrogen-bond acceptors (Lipinski definition) is 7. The van der Waals surface area contributed by atoms with Gasteiger partial charge < -0.3 is 15.4 Å². The lowest BCUT2D eigenvalue weighted by Crippen LogP contribution is -2.43. The van der Waals surface area contributed by atoms with Crippen LogP contribution in [0.25, 0.3) is 22.3 Å². The summed E-state index contributed by atoms with van der Waals surface area (Å²) >= 11 is 5.99. The van der Waals surface area contributed by atoms with Gasteiger partial charge in [-0.05, 0) is 41.8 Å². The van der Waals surface area contributed by atoms with Gasteiger partial charge in [0.05, 0.1) is 11.9 Å². The molecule has 0 bridgehead atoms. The van der Waals surface area contributed by atoms with Gasteiger partial charge in [0.1, 0.15) is 29.8 Å². The smallest absolute Gasteiger partial charge is 0.323 e. The molecule has 0 amide bonds. The van der Waals surface area contributed by atoms with Crippen molar-refractivity contribution < 1.29 is 9.53 Å². The van der Waals surface area contributed by atoms with Gasteiger partial charge in [0.25, 0.3) is 5.56 Å². The number of esters is 1. The number of ether oxygens (including phenoxy) is 1. The number of aromatic nitrogens is 4. The number of carbonyl (C=O) groups excluding carboxylic acids is 1. The first kappa shape index (κ1) is 25.0. The van der Waals surface area contributed by atoms with E-state index in [-0.39, 0.29) is 23.6 Å². The number of piperidine rings is 1. The molecule has 9 nitrogen and oxygen atoms in total. The standard InChI is InChI=1S/C27H29ClN6O3/c1-17(2)25(29)27(36)37-22-9-11-32(12-10-22)24-8-7-21(14-30-24)33-16-31-34-15-19(13-23(34)26(33)35)18-3-5-20(28)6-4-18/h3-8,13-17,22,25H,9-12,29H2,1-2H3/t25-/m1/s1. The SMILES string of the molecule is CC(C)[C@@H](N)C(=O)OC1CCN(c2ccc(-n3cnn4cc(-c5ccc(Cl)cc5)cc4c3=O)cn2)CC1. The van der Waals surface area contributed by atoms with E-state index in [9.17, 15) is 9.59 Å². The summed E-state index contributed by atoms with van der Waals surface area (Å²) in [6.45, 7) is 5.24. The van der Waals surface area contributed by atoms with Gasteiger partial charge in [0, 0.05) is 42.7 Å². The van der Waals surface area contributed by atoms with E-state index in [1.165, 1.54) is 10.9 Å². The number of hydrogen-bond donors (Lipinski definition) is 1. The van der Waals surface area contributed by atoms with E-state index in [4.69, 9.17) is 22.1 Å². The van der Waals surface area contributed by atoms with Crippen LogP contribution >= 0.6 is 11.6 Å². The Hall–Kier alpha value is -3.69. The van der Waals surface area contributed by atoms with Gasteiger partial charge in [-0.2, -0.15) is 5.10 Å². The summed E-state index contributed by atoms with van der Waals surface area (Å²) in [6, 6.07) is 12.4. The second-order valence-electron chi connectivity index (χ2n) is 9.64. The predicted octanol–water partition coefficient (Wildman–Crippen LogP) is 3.70. The molecule has 5 rings (SSSR count). The van der Waals surface area contributed by atoms with Gasteiger partial charge in [-0.3, -0.25) is 14.2 Å². The number of anilines is 1. The summed E-state index contributed by atoms with van der Waals surface area (Å²) in [5.74, 6) is 0.513. The molecule has 0 aliphatic carbocycles. The molecule has 2 N–H and O–H groups in total. The van der Waals surface area contributed by atoms with Crippen molar-refractivity contribution in [2.24, 2.45) is 11.7 Å². The Labute approximate surface area is 219 Å². The predicted molar refractivity (Wildman–Crippen MR) is 143 cm³/mol. The third-order valence-electron chi connectivity index (χ3n) is 6.76. The normalized spacial score (nSPS) is 15.3. The zero-order chi connectivity index (χ0) is 26.1. The van der Waals surface area contributed by atoms with Gasteiger partial charge in [0.15, 0.2) is 0 Å². The minimum Gasteiger partial charge on any atom is -0.461 e. The van der Waals surface area contributed by atoms with Crippen molar-refractivity contribution in [1.82, 2.24) is 19.2 Å². The number of fused-ring (bicyclic) bond motifs is 1. The zero-order valence-corrected chi connectivity index (χ0v) is 21.5. The fraction of sp³-hybridized carbons (Fsp3) is 0.333. The molecule has 1 atom stereocenters. The van der Waals surface area contributed by atoms with Gasteiger partial charge in [0.2, 0.25) is 0 Å². The molecule has 1 aliphatic heterocycles. The van der Waals surface area contributed by atoms with Gasteiger partial charge in [-0.1, -0.05) is 37.6 Å². The lowest BCUT2D eigenvalue weighted by atomic mass is 10.0. The van der Waals surface area contributed by atoms with Crippen LogP contribution in [0.3, 0.4) is 0 Å². The number of halogens is 1. The van der Waals surface area contributed by atoms with E-state index in [1.807, 2.05) is 62.5 Å². The molecule has 10 heteroatoms. The highest BCUT2D eigenvalue weighted by Gasteiger charge is 2.26. The van der Waals surface area contributed by atoms with Crippen molar-refractivity contribution in [3.63, 3.8) is 0 Å². The molecule has 4 heterocycles. The minimum absolute atomic E-state index is 0.0435. The third-order valence-corrected chi connectivity index (χ3v) is 7.01. The maximum atomic E-state index is 13.2. The molecule has 1 aliphatic rings. The highest BCUT2D eigenvalue weighted by molar-refractivity contribution is 6.30. The molecular formula is C27H29ClN6O3. The van der Waals surface area contributed by atoms with Crippen molar-refractivity contribution in [3.05, 3.63) is 76.6 Å². The zero-order valence-electron chi connectivity index (χ0n) is 20.8. The monoisotopic (exact) mass is 520 g/mol. The maximum Gasteiger partial charge on any atom is 0.323 e. The summed E-state index contributed by atoms with van der Waals surface area (Å²) in [5, 5.41) is 5.07. The average Bonchev–Trinajstić information content (AvgIpc) is 3.35. The van der Waals surface area contributed by atoms with Crippen molar-refractivity contribution in [1.29, 1.82) is 0 Å². The van der Waals surface area contributed by atoms with Crippen LogP contribution in [0.4, 0.5) is 5.82 Å². The van der Waals surface area contributed by atoms with E-state index in [0.717, 1.165) is 16.9 Å². The van der Waals surface area contributed by atoms with Gasteiger partial charge in [-0.25, -0.2) is 9.50 Å². The number of rotatable bonds is 6. The maximum absolute atomic E-state index is 13.2. The Morgan fingerprint density at radius 1 is 1.11 bits per heavy atom. The topological polar surface area (TPSA) is 108 Å². The van der Waals surface area contributed by atoms with Crippen molar-refractivity contribution >= 4 is 28.9 Å². The van der Waals surface area contributed by atoms with E-state index in [0.29, 0.717) is 42.2 Å². The van der Waals surface area contributed by atoms with E-state index in [2.05, 4.69) is 15.0 Å². The second-order valence-corrected chi connectivity index (χ2v) is 10.1. The summed E-state index contributed by atoms with van der Waals surface area (Å²) in [6.07, 6.45) is 6.28. The quantitative estimate of drug-likeness (QED) is 0.386. The fourth-order valence-electron chi connectivity index (χ4n) is 4.40. The Morgan fingerprint density at radius 2 is 1.84 bits per heavy atom. The van der Waals surface area contributed by atoms with Crippen LogP contribution in [0.2, 0.25) is 5.02 Å². The van der Waals surface area contributed by atoms with Crippen molar-refractivity contribution in [2.45, 2.75) is 38.8 Å². The van der Waals surface area contributed by atoms with E-state index < -0.39 is 6.04 Å². The molecule has 192 valence electrons. The van der Waals surface area contributed by atoms with Crippen molar-refractivity contribution in [2.75, 3.05) is 18.0 Å². The molecule has 0 unspecified atom stereocenters. The first-order valence-electron chi connectivity index (χ1n) is 12.3. The number of nitrogens with zero attached hydrogens (tertiary/aromatic N) is 5. The van der Waals surface area contributed by atoms with Crippen LogP contribution in [-0.4, -0.2) is 50.4 Å². The van der Waals surface area contributed by atoms with Crippen LogP contribution in [0.15, 0.2) is 66.0 Å². The van der Waals surface area contributed by atoms with E-state index in [1.54, 1.807) is 10.7 Å². The lowest BCUT2D eigenvalue weighted by molar-refractivity contribution is -0.152. The van der Waals surface area contributed by atoms with Crippen LogP contribution in [0, 0.1) is 5.92 Å². The second kappa shape index (κ2) is 10.4. The van der Waals surface area contributed by atoms with Crippen LogP contribution in [0.1, 0.15) is 26.7 Å². The van der Waals surface area contributed by atoms with Crippen LogP contribution < -0.4 is 16.2 Å². The third kappa shape index (κ3) is 5.23. The molecule has 4 aromatic rings. The summed E-state index contributed by atoms with van der Waals surface area (Å²) < 4.78 is 8.66. The Bertz CT molecular complexity index is 1450.